The van der Waals surface area contributed by atoms with Gasteiger partial charge in [-0.3, -0.25) is 9.78 Å². The maximum Gasteiger partial charge on any atom is 0.302 e. The second-order valence-electron chi connectivity index (χ2n) is 7.31. The number of H-pyrrole nitrogens is 1. The molecular formula is C24H23N5O3. The highest BCUT2D eigenvalue weighted by molar-refractivity contribution is 5.83. The van der Waals surface area contributed by atoms with Gasteiger partial charge in [-0.05, 0) is 35.8 Å². The topological polar surface area (TPSA) is 103 Å². The molecule has 0 aliphatic rings. The van der Waals surface area contributed by atoms with E-state index in [0.717, 1.165) is 44.8 Å². The van der Waals surface area contributed by atoms with Crippen molar-refractivity contribution in [2.45, 2.75) is 27.4 Å². The van der Waals surface area contributed by atoms with Gasteiger partial charge >= 0.3 is 5.97 Å². The number of ether oxygens (including phenoxy) is 2. The van der Waals surface area contributed by atoms with Crippen molar-refractivity contribution in [3.63, 3.8) is 0 Å². The van der Waals surface area contributed by atoms with E-state index in [1.54, 1.807) is 7.11 Å². The maximum absolute atomic E-state index is 11.4. The quantitative estimate of drug-likeness (QED) is 0.456. The normalized spacial score (nSPS) is 10.8. The summed E-state index contributed by atoms with van der Waals surface area (Å²) in [5.74, 6) is 0.858. The Hall–Kier alpha value is -4.07. The minimum Gasteiger partial charge on any atom is -0.494 e. The van der Waals surface area contributed by atoms with Crippen LogP contribution in [0.3, 0.4) is 0 Å². The first-order valence-electron chi connectivity index (χ1n) is 10.1. The first kappa shape index (κ1) is 21.2. The number of carbonyl (C=O) groups is 1. The number of esters is 1. The number of benzene rings is 2. The van der Waals surface area contributed by atoms with Gasteiger partial charge in [0.1, 0.15) is 12.4 Å². The van der Waals surface area contributed by atoms with E-state index in [1.807, 2.05) is 62.4 Å². The van der Waals surface area contributed by atoms with Gasteiger partial charge in [0, 0.05) is 29.3 Å². The third kappa shape index (κ3) is 4.07. The van der Waals surface area contributed by atoms with Crippen LogP contribution in [0.2, 0.25) is 0 Å². The number of tetrazole rings is 1. The molecule has 0 amide bonds. The lowest BCUT2D eigenvalue weighted by molar-refractivity contribution is -0.142. The number of aromatic amines is 1. The zero-order chi connectivity index (χ0) is 22.7. The monoisotopic (exact) mass is 429 g/mol. The van der Waals surface area contributed by atoms with E-state index in [4.69, 9.17) is 9.47 Å². The fourth-order valence-electron chi connectivity index (χ4n) is 3.80. The third-order valence-corrected chi connectivity index (χ3v) is 5.25. The summed E-state index contributed by atoms with van der Waals surface area (Å²) in [6.45, 7) is 5.33. The van der Waals surface area contributed by atoms with E-state index in [9.17, 15) is 4.79 Å². The molecule has 0 aliphatic heterocycles. The summed E-state index contributed by atoms with van der Waals surface area (Å²) in [6, 6.07) is 16.0. The number of rotatable bonds is 6. The highest BCUT2D eigenvalue weighted by Crippen LogP contribution is 2.38. The molecule has 0 saturated heterocycles. The Morgan fingerprint density at radius 3 is 2.28 bits per heavy atom. The lowest BCUT2D eigenvalue weighted by atomic mass is 9.93. The van der Waals surface area contributed by atoms with Crippen molar-refractivity contribution in [1.29, 1.82) is 0 Å². The highest BCUT2D eigenvalue weighted by Gasteiger charge is 2.20. The molecule has 0 bridgehead atoms. The standard InChI is InChI=1S/C24H23N5O3/c1-14-21(13-32-16(3)30)22(23(31-4)15(2)25-14)18-11-9-17(10-12-18)19-7-5-6-8-20(19)24-26-28-29-27-24/h5-12H,13H2,1-4H3,(H,26,27,28,29). The molecule has 4 aromatic rings. The van der Waals surface area contributed by atoms with Gasteiger partial charge in [-0.1, -0.05) is 48.5 Å². The van der Waals surface area contributed by atoms with Crippen LogP contribution in [0.5, 0.6) is 5.75 Å². The number of aromatic nitrogens is 5. The first-order chi connectivity index (χ1) is 15.5. The zero-order valence-corrected chi connectivity index (χ0v) is 18.3. The van der Waals surface area contributed by atoms with Crippen LogP contribution in [0.4, 0.5) is 0 Å². The number of pyridine rings is 1. The first-order valence-corrected chi connectivity index (χ1v) is 10.1. The van der Waals surface area contributed by atoms with Crippen LogP contribution in [0, 0.1) is 13.8 Å². The van der Waals surface area contributed by atoms with Crippen LogP contribution in [0.1, 0.15) is 23.9 Å². The number of carbonyl (C=O) groups excluding carboxylic acids is 1. The Balaban J connectivity index is 1.80. The molecule has 0 aliphatic carbocycles. The molecule has 0 spiro atoms. The maximum atomic E-state index is 11.4. The lowest BCUT2D eigenvalue weighted by Gasteiger charge is -2.18. The van der Waals surface area contributed by atoms with E-state index in [1.165, 1.54) is 6.92 Å². The van der Waals surface area contributed by atoms with Gasteiger partial charge < -0.3 is 9.47 Å². The molecule has 162 valence electrons. The molecule has 0 fully saturated rings. The molecular weight excluding hydrogens is 406 g/mol. The van der Waals surface area contributed by atoms with Crippen molar-refractivity contribution in [1.82, 2.24) is 25.6 Å². The Bertz CT molecular complexity index is 1250. The van der Waals surface area contributed by atoms with Crippen LogP contribution in [-0.4, -0.2) is 38.7 Å². The molecule has 0 radical (unpaired) electrons. The fraction of sp³-hybridized carbons (Fsp3) is 0.208. The van der Waals surface area contributed by atoms with Crippen molar-refractivity contribution in [2.75, 3.05) is 7.11 Å². The van der Waals surface area contributed by atoms with Gasteiger partial charge in [0.05, 0.1) is 12.8 Å². The second-order valence-corrected chi connectivity index (χ2v) is 7.31. The number of methoxy groups -OCH3 is 1. The van der Waals surface area contributed by atoms with E-state index >= 15 is 0 Å². The average Bonchev–Trinajstić information content (AvgIpc) is 3.33. The average molecular weight is 429 g/mol. The number of hydrogen-bond acceptors (Lipinski definition) is 7. The highest BCUT2D eigenvalue weighted by atomic mass is 16.5. The van der Waals surface area contributed by atoms with Gasteiger partial charge in [-0.25, -0.2) is 0 Å². The van der Waals surface area contributed by atoms with Crippen molar-refractivity contribution in [3.05, 3.63) is 65.5 Å². The molecule has 0 unspecified atom stereocenters. The van der Waals surface area contributed by atoms with Crippen molar-refractivity contribution < 1.29 is 14.3 Å². The van der Waals surface area contributed by atoms with E-state index in [-0.39, 0.29) is 12.6 Å². The summed E-state index contributed by atoms with van der Waals surface area (Å²) in [5, 5.41) is 14.4. The van der Waals surface area contributed by atoms with E-state index < -0.39 is 0 Å². The minimum atomic E-state index is -0.344. The third-order valence-electron chi connectivity index (χ3n) is 5.25. The fourth-order valence-corrected chi connectivity index (χ4v) is 3.80. The molecule has 2 heterocycles. The van der Waals surface area contributed by atoms with Crippen molar-refractivity contribution in [2.24, 2.45) is 0 Å². The molecule has 2 aromatic heterocycles. The molecule has 0 saturated carbocycles. The summed E-state index contributed by atoms with van der Waals surface area (Å²) in [5.41, 5.74) is 7.10. The Labute approximate surface area is 185 Å². The van der Waals surface area contributed by atoms with E-state index in [0.29, 0.717) is 11.6 Å². The second kappa shape index (κ2) is 8.97. The predicted octanol–water partition coefficient (Wildman–Crippen LogP) is 4.28. The largest absolute Gasteiger partial charge is 0.494 e. The molecule has 8 heteroatoms. The van der Waals surface area contributed by atoms with Crippen molar-refractivity contribution >= 4 is 5.97 Å². The number of hydrogen-bond donors (Lipinski definition) is 1. The van der Waals surface area contributed by atoms with Gasteiger partial charge in [0.15, 0.2) is 0 Å². The van der Waals surface area contributed by atoms with Gasteiger partial charge in [-0.2, -0.15) is 5.21 Å². The number of nitrogens with zero attached hydrogens (tertiary/aromatic N) is 4. The van der Waals surface area contributed by atoms with Gasteiger partial charge in [0.2, 0.25) is 5.82 Å². The van der Waals surface area contributed by atoms with Crippen LogP contribution in [0.25, 0.3) is 33.6 Å². The summed E-state index contributed by atoms with van der Waals surface area (Å²) < 4.78 is 11.0. The molecule has 32 heavy (non-hydrogen) atoms. The number of aryl methyl sites for hydroxylation is 2. The van der Waals surface area contributed by atoms with Gasteiger partial charge in [-0.15, -0.1) is 10.2 Å². The van der Waals surface area contributed by atoms with Gasteiger partial charge in [0.25, 0.3) is 0 Å². The summed E-state index contributed by atoms with van der Waals surface area (Å²) >= 11 is 0. The SMILES string of the molecule is COc1c(C)nc(C)c(COC(C)=O)c1-c1ccc(-c2ccccc2-c2nn[nH]n2)cc1. The van der Waals surface area contributed by atoms with E-state index in [2.05, 4.69) is 25.6 Å². The summed E-state index contributed by atoms with van der Waals surface area (Å²) in [6.07, 6.45) is 0. The molecule has 0 atom stereocenters. The minimum absolute atomic E-state index is 0.128. The molecule has 8 nitrogen and oxygen atoms in total. The zero-order valence-electron chi connectivity index (χ0n) is 18.3. The van der Waals surface area contributed by atoms with Crippen LogP contribution in [0.15, 0.2) is 48.5 Å². The Kier molecular flexibility index (Phi) is 5.93. The summed E-state index contributed by atoms with van der Waals surface area (Å²) in [7, 11) is 1.62. The number of nitrogens with one attached hydrogen (secondary N) is 1. The van der Waals surface area contributed by atoms with Crippen LogP contribution in [-0.2, 0) is 16.1 Å². The lowest BCUT2D eigenvalue weighted by Crippen LogP contribution is -2.07. The summed E-state index contributed by atoms with van der Waals surface area (Å²) in [4.78, 5) is 16.0. The molecule has 2 aromatic carbocycles. The Morgan fingerprint density at radius 1 is 0.969 bits per heavy atom. The predicted molar refractivity (Wildman–Crippen MR) is 120 cm³/mol. The molecule has 4 rings (SSSR count). The van der Waals surface area contributed by atoms with Crippen LogP contribution < -0.4 is 4.74 Å². The molecule has 1 N–H and O–H groups in total. The smallest absolute Gasteiger partial charge is 0.302 e. The Morgan fingerprint density at radius 2 is 1.66 bits per heavy atom. The van der Waals surface area contributed by atoms with Crippen LogP contribution >= 0.6 is 0 Å². The van der Waals surface area contributed by atoms with Crippen molar-refractivity contribution in [3.8, 4) is 39.4 Å².